The molecule has 1 saturated carbocycles. The zero-order valence-electron chi connectivity index (χ0n) is 11.4. The Balaban J connectivity index is 1.55. The summed E-state index contributed by atoms with van der Waals surface area (Å²) in [6, 6.07) is 7.75. The van der Waals surface area contributed by atoms with Crippen LogP contribution in [0.3, 0.4) is 0 Å². The van der Waals surface area contributed by atoms with Gasteiger partial charge in [-0.3, -0.25) is 0 Å². The molecule has 1 heterocycles. The Kier molecular flexibility index (Phi) is 4.16. The van der Waals surface area contributed by atoms with E-state index in [4.69, 9.17) is 16.7 Å². The molecule has 0 radical (unpaired) electrons. The molecule has 0 saturated heterocycles. The van der Waals surface area contributed by atoms with Crippen molar-refractivity contribution in [3.63, 3.8) is 0 Å². The number of hydrogen-bond acceptors (Lipinski definition) is 3. The summed E-state index contributed by atoms with van der Waals surface area (Å²) in [5.74, 6) is 1.43. The van der Waals surface area contributed by atoms with Crippen LogP contribution in [0.25, 0.3) is 11.0 Å². The van der Waals surface area contributed by atoms with Crippen molar-refractivity contribution in [2.45, 2.75) is 32.1 Å². The van der Waals surface area contributed by atoms with Crippen molar-refractivity contribution >= 4 is 34.1 Å². The van der Waals surface area contributed by atoms with Crippen LogP contribution in [-0.2, 0) is 0 Å². The van der Waals surface area contributed by atoms with Crippen LogP contribution < -0.4 is 10.6 Å². The van der Waals surface area contributed by atoms with Crippen LogP contribution in [0.5, 0.6) is 0 Å². The van der Waals surface area contributed by atoms with Crippen LogP contribution in [0, 0.1) is 5.92 Å². The molecule has 1 aliphatic carbocycles. The Morgan fingerprint density at radius 2 is 2.05 bits per heavy atom. The Morgan fingerprint density at radius 1 is 1.25 bits per heavy atom. The summed E-state index contributed by atoms with van der Waals surface area (Å²) in [6.07, 6.45) is 6.69. The van der Waals surface area contributed by atoms with E-state index in [1.807, 2.05) is 24.3 Å². The van der Waals surface area contributed by atoms with E-state index in [1.54, 1.807) is 0 Å². The van der Waals surface area contributed by atoms with Gasteiger partial charge in [-0.05, 0) is 43.1 Å². The number of thiocarbonyl (C=S) groups is 1. The van der Waals surface area contributed by atoms with Crippen LogP contribution in [0.1, 0.15) is 32.1 Å². The van der Waals surface area contributed by atoms with Gasteiger partial charge >= 0.3 is 0 Å². The highest BCUT2D eigenvalue weighted by Gasteiger charge is 2.14. The summed E-state index contributed by atoms with van der Waals surface area (Å²) in [6.45, 7) is 0.946. The maximum Gasteiger partial charge on any atom is 0.183 e. The maximum absolute atomic E-state index is 5.33. The minimum atomic E-state index is 0.620. The first-order chi connectivity index (χ1) is 9.83. The lowest BCUT2D eigenvalue weighted by Gasteiger charge is -2.22. The second-order valence-electron chi connectivity index (χ2n) is 5.37. The molecule has 1 aliphatic rings. The molecule has 106 valence electrons. The van der Waals surface area contributed by atoms with Crippen LogP contribution >= 0.6 is 12.2 Å². The molecule has 0 amide bonds. The number of benzene rings is 1. The fourth-order valence-corrected chi connectivity index (χ4v) is 2.94. The minimum Gasteiger partial charge on any atom is -0.362 e. The maximum atomic E-state index is 5.33. The van der Waals surface area contributed by atoms with E-state index >= 15 is 0 Å². The second-order valence-corrected chi connectivity index (χ2v) is 5.77. The number of nitrogens with one attached hydrogen (secondary N) is 2. The zero-order chi connectivity index (χ0) is 13.8. The van der Waals surface area contributed by atoms with E-state index in [0.29, 0.717) is 10.9 Å². The highest BCUT2D eigenvalue weighted by Crippen LogP contribution is 2.23. The summed E-state index contributed by atoms with van der Waals surface area (Å²) in [5, 5.41) is 12.0. The molecule has 3 rings (SSSR count). The summed E-state index contributed by atoms with van der Waals surface area (Å²) in [7, 11) is 0. The van der Waals surface area contributed by atoms with Gasteiger partial charge in [0.25, 0.3) is 0 Å². The van der Waals surface area contributed by atoms with Crippen molar-refractivity contribution in [2.75, 3.05) is 11.9 Å². The Bertz CT molecular complexity index is 590. The third-order valence-corrected chi connectivity index (χ3v) is 4.13. The van der Waals surface area contributed by atoms with Gasteiger partial charge in [0.05, 0.1) is 5.39 Å². The molecule has 2 aromatic rings. The highest BCUT2D eigenvalue weighted by atomic mass is 32.1. The molecule has 5 heteroatoms. The SMILES string of the molecule is S=C(NCC1CCCCC1)Nc1noc2ccccc12. The molecule has 1 fully saturated rings. The van der Waals surface area contributed by atoms with Crippen LogP contribution in [0.15, 0.2) is 28.8 Å². The number of hydrogen-bond donors (Lipinski definition) is 2. The Hall–Kier alpha value is -1.62. The molecule has 4 nitrogen and oxygen atoms in total. The van der Waals surface area contributed by atoms with E-state index in [1.165, 1.54) is 32.1 Å². The van der Waals surface area contributed by atoms with Crippen molar-refractivity contribution in [1.82, 2.24) is 10.5 Å². The second kappa shape index (κ2) is 6.22. The molecule has 0 atom stereocenters. The minimum absolute atomic E-state index is 0.620. The van der Waals surface area contributed by atoms with Crippen molar-refractivity contribution < 1.29 is 4.52 Å². The van der Waals surface area contributed by atoms with Crippen LogP contribution in [0.2, 0.25) is 0 Å². The molecule has 0 bridgehead atoms. The molecule has 0 unspecified atom stereocenters. The first-order valence-electron chi connectivity index (χ1n) is 7.22. The first kappa shape index (κ1) is 13.4. The van der Waals surface area contributed by atoms with E-state index in [9.17, 15) is 0 Å². The fraction of sp³-hybridized carbons (Fsp3) is 0.467. The third-order valence-electron chi connectivity index (χ3n) is 3.89. The zero-order valence-corrected chi connectivity index (χ0v) is 12.2. The number of anilines is 1. The first-order valence-corrected chi connectivity index (χ1v) is 7.63. The van der Waals surface area contributed by atoms with Gasteiger partial charge in [0.2, 0.25) is 0 Å². The Labute approximate surface area is 123 Å². The summed E-state index contributed by atoms with van der Waals surface area (Å²) in [5.41, 5.74) is 0.769. The van der Waals surface area contributed by atoms with E-state index in [0.717, 1.165) is 23.4 Å². The van der Waals surface area contributed by atoms with Gasteiger partial charge in [0.1, 0.15) is 0 Å². The number of rotatable bonds is 3. The van der Waals surface area contributed by atoms with E-state index in [-0.39, 0.29) is 0 Å². The summed E-state index contributed by atoms with van der Waals surface area (Å²) >= 11 is 5.33. The smallest absolute Gasteiger partial charge is 0.183 e. The average molecular weight is 289 g/mol. The molecule has 1 aromatic carbocycles. The lowest BCUT2D eigenvalue weighted by molar-refractivity contribution is 0.357. The number of aromatic nitrogens is 1. The van der Waals surface area contributed by atoms with Gasteiger partial charge in [-0.15, -0.1) is 0 Å². The molecule has 0 aliphatic heterocycles. The quantitative estimate of drug-likeness (QED) is 0.844. The lowest BCUT2D eigenvalue weighted by atomic mass is 9.89. The van der Waals surface area contributed by atoms with E-state index in [2.05, 4.69) is 15.8 Å². The molecular weight excluding hydrogens is 270 g/mol. The average Bonchev–Trinajstić information content (AvgIpc) is 2.90. The van der Waals surface area contributed by atoms with Gasteiger partial charge < -0.3 is 15.2 Å². The van der Waals surface area contributed by atoms with Crippen LogP contribution in [0.4, 0.5) is 5.82 Å². The predicted molar refractivity (Wildman–Crippen MR) is 84.8 cm³/mol. The largest absolute Gasteiger partial charge is 0.362 e. The monoisotopic (exact) mass is 289 g/mol. The summed E-state index contributed by atoms with van der Waals surface area (Å²) < 4.78 is 5.24. The molecule has 20 heavy (non-hydrogen) atoms. The molecule has 0 spiro atoms. The van der Waals surface area contributed by atoms with E-state index < -0.39 is 0 Å². The summed E-state index contributed by atoms with van der Waals surface area (Å²) in [4.78, 5) is 0. The van der Waals surface area contributed by atoms with Gasteiger partial charge in [0, 0.05) is 6.54 Å². The van der Waals surface area contributed by atoms with Crippen molar-refractivity contribution in [1.29, 1.82) is 0 Å². The Morgan fingerprint density at radius 3 is 2.90 bits per heavy atom. The normalized spacial score (nSPS) is 16.2. The molecular formula is C15H19N3OS. The van der Waals surface area contributed by atoms with Gasteiger partial charge in [-0.2, -0.15) is 0 Å². The number of fused-ring (bicyclic) bond motifs is 1. The lowest BCUT2D eigenvalue weighted by Crippen LogP contribution is -2.33. The standard InChI is InChI=1S/C15H19N3OS/c20-15(16-10-11-6-2-1-3-7-11)17-14-12-8-4-5-9-13(12)19-18-14/h4-5,8-9,11H,1-3,6-7,10H2,(H2,16,17,18,20). The fourth-order valence-electron chi connectivity index (χ4n) is 2.76. The van der Waals surface area contributed by atoms with Gasteiger partial charge in [-0.25, -0.2) is 0 Å². The highest BCUT2D eigenvalue weighted by molar-refractivity contribution is 7.80. The van der Waals surface area contributed by atoms with Crippen molar-refractivity contribution in [2.24, 2.45) is 5.92 Å². The topological polar surface area (TPSA) is 50.1 Å². The van der Waals surface area contributed by atoms with Gasteiger partial charge in [-0.1, -0.05) is 36.6 Å². The third kappa shape index (κ3) is 3.10. The predicted octanol–water partition coefficient (Wildman–Crippen LogP) is 3.69. The molecule has 1 aromatic heterocycles. The van der Waals surface area contributed by atoms with Crippen LogP contribution in [-0.4, -0.2) is 16.8 Å². The van der Waals surface area contributed by atoms with Crippen molar-refractivity contribution in [3.05, 3.63) is 24.3 Å². The number of para-hydroxylation sites is 1. The van der Waals surface area contributed by atoms with Crippen molar-refractivity contribution in [3.8, 4) is 0 Å². The van der Waals surface area contributed by atoms with Gasteiger partial charge in [0.15, 0.2) is 16.5 Å². The molecule has 2 N–H and O–H groups in total. The number of nitrogens with zero attached hydrogens (tertiary/aromatic N) is 1.